The Hall–Kier alpha value is -1.24. The molecule has 0 spiro atoms. The van der Waals surface area contributed by atoms with Gasteiger partial charge in [-0.15, -0.1) is 0 Å². The Morgan fingerprint density at radius 3 is 2.58 bits per heavy atom. The van der Waals surface area contributed by atoms with E-state index in [1.54, 1.807) is 12.1 Å². The highest BCUT2D eigenvalue weighted by molar-refractivity contribution is 6.59. The third-order valence-electron chi connectivity index (χ3n) is 2.62. The second kappa shape index (κ2) is 8.80. The summed E-state index contributed by atoms with van der Waals surface area (Å²) in [6.07, 6.45) is 2.13. The predicted octanol–water partition coefficient (Wildman–Crippen LogP) is 0.570. The summed E-state index contributed by atoms with van der Waals surface area (Å²) < 4.78 is 15.9. The summed E-state index contributed by atoms with van der Waals surface area (Å²) in [6, 6.07) is 4.90. The average molecular weight is 268 g/mol. The molecule has 0 amide bonds. The minimum Gasteiger partial charge on any atom is -0.497 e. The zero-order valence-corrected chi connectivity index (χ0v) is 11.5. The lowest BCUT2D eigenvalue weighted by molar-refractivity contribution is 0.0983. The zero-order chi connectivity index (χ0) is 14.1. The Morgan fingerprint density at radius 2 is 1.95 bits per heavy atom. The van der Waals surface area contributed by atoms with Gasteiger partial charge in [0, 0.05) is 12.1 Å². The van der Waals surface area contributed by atoms with Crippen molar-refractivity contribution in [3.8, 4) is 11.5 Å². The first-order chi connectivity index (χ1) is 9.19. The Balaban J connectivity index is 2.48. The second-order valence-corrected chi connectivity index (χ2v) is 4.09. The molecule has 0 radical (unpaired) electrons. The standard InChI is InChI=1S/C13H21BO5/c1-3-4-7-18-8-9-19-13-6-5-11(17-2)10-12(13)14(15)16/h5-6,10,15-16H,3-4,7-9H2,1-2H3. The van der Waals surface area contributed by atoms with E-state index < -0.39 is 7.12 Å². The first kappa shape index (κ1) is 15.8. The van der Waals surface area contributed by atoms with Gasteiger partial charge in [0.2, 0.25) is 0 Å². The highest BCUT2D eigenvalue weighted by Gasteiger charge is 2.18. The van der Waals surface area contributed by atoms with Crippen LogP contribution in [0.2, 0.25) is 0 Å². The molecule has 2 N–H and O–H groups in total. The number of rotatable bonds is 9. The van der Waals surface area contributed by atoms with Gasteiger partial charge in [-0.25, -0.2) is 0 Å². The van der Waals surface area contributed by atoms with Crippen molar-refractivity contribution in [2.75, 3.05) is 26.9 Å². The van der Waals surface area contributed by atoms with Gasteiger partial charge in [-0.1, -0.05) is 13.3 Å². The van der Waals surface area contributed by atoms with E-state index in [1.807, 2.05) is 0 Å². The summed E-state index contributed by atoms with van der Waals surface area (Å²) in [5.74, 6) is 0.976. The molecule has 0 heterocycles. The van der Waals surface area contributed by atoms with Crippen LogP contribution in [0.25, 0.3) is 0 Å². The third kappa shape index (κ3) is 5.51. The van der Waals surface area contributed by atoms with Crippen molar-refractivity contribution >= 4 is 12.6 Å². The van der Waals surface area contributed by atoms with E-state index in [2.05, 4.69) is 6.92 Å². The molecule has 0 aliphatic heterocycles. The van der Waals surface area contributed by atoms with E-state index in [4.69, 9.17) is 14.2 Å². The van der Waals surface area contributed by atoms with Gasteiger partial charge in [0.1, 0.15) is 18.1 Å². The van der Waals surface area contributed by atoms with E-state index in [9.17, 15) is 10.0 Å². The van der Waals surface area contributed by atoms with E-state index in [0.717, 1.165) is 19.4 Å². The normalized spacial score (nSPS) is 10.3. The van der Waals surface area contributed by atoms with Gasteiger partial charge in [-0.2, -0.15) is 0 Å². The lowest BCUT2D eigenvalue weighted by Gasteiger charge is -2.12. The molecular formula is C13H21BO5. The Labute approximate surface area is 114 Å². The number of hydrogen-bond donors (Lipinski definition) is 2. The summed E-state index contributed by atoms with van der Waals surface area (Å²) in [6.45, 7) is 3.67. The fourth-order valence-electron chi connectivity index (χ4n) is 1.55. The van der Waals surface area contributed by atoms with Crippen molar-refractivity contribution in [1.82, 2.24) is 0 Å². The molecule has 0 saturated carbocycles. The van der Waals surface area contributed by atoms with Crippen LogP contribution in [0.4, 0.5) is 0 Å². The van der Waals surface area contributed by atoms with Gasteiger partial charge in [-0.3, -0.25) is 0 Å². The number of unbranched alkanes of at least 4 members (excludes halogenated alkanes) is 1. The molecule has 0 atom stereocenters. The summed E-state index contributed by atoms with van der Waals surface area (Å²) in [5.41, 5.74) is 0.285. The maximum absolute atomic E-state index is 9.29. The fraction of sp³-hybridized carbons (Fsp3) is 0.538. The van der Waals surface area contributed by atoms with Crippen LogP contribution >= 0.6 is 0 Å². The summed E-state index contributed by atoms with van der Waals surface area (Å²) >= 11 is 0. The van der Waals surface area contributed by atoms with Crippen LogP contribution < -0.4 is 14.9 Å². The van der Waals surface area contributed by atoms with E-state index in [0.29, 0.717) is 24.7 Å². The van der Waals surface area contributed by atoms with Crippen LogP contribution in [0.3, 0.4) is 0 Å². The Morgan fingerprint density at radius 1 is 1.16 bits per heavy atom. The van der Waals surface area contributed by atoms with E-state index in [-0.39, 0.29) is 5.46 Å². The van der Waals surface area contributed by atoms with Crippen molar-refractivity contribution in [2.24, 2.45) is 0 Å². The van der Waals surface area contributed by atoms with Crippen molar-refractivity contribution < 1.29 is 24.3 Å². The highest BCUT2D eigenvalue weighted by Crippen LogP contribution is 2.15. The summed E-state index contributed by atoms with van der Waals surface area (Å²) in [7, 11) is -0.0727. The lowest BCUT2D eigenvalue weighted by Crippen LogP contribution is -2.32. The van der Waals surface area contributed by atoms with E-state index >= 15 is 0 Å². The molecule has 106 valence electrons. The number of benzene rings is 1. The minimum absolute atomic E-state index is 0.285. The molecule has 1 aromatic rings. The SMILES string of the molecule is CCCCOCCOc1ccc(OC)cc1B(O)O. The molecule has 1 rings (SSSR count). The van der Waals surface area contributed by atoms with Crippen LogP contribution in [-0.2, 0) is 4.74 Å². The monoisotopic (exact) mass is 268 g/mol. The van der Waals surface area contributed by atoms with Gasteiger partial charge in [0.15, 0.2) is 0 Å². The van der Waals surface area contributed by atoms with Crippen molar-refractivity contribution in [3.05, 3.63) is 18.2 Å². The molecule has 0 unspecified atom stereocenters. The molecule has 1 aromatic carbocycles. The van der Waals surface area contributed by atoms with Gasteiger partial charge in [-0.05, 0) is 24.6 Å². The molecule has 0 aliphatic carbocycles. The first-order valence-electron chi connectivity index (χ1n) is 6.43. The number of hydrogen-bond acceptors (Lipinski definition) is 5. The maximum atomic E-state index is 9.29. The van der Waals surface area contributed by atoms with Crippen LogP contribution in [0.15, 0.2) is 18.2 Å². The van der Waals surface area contributed by atoms with Crippen LogP contribution in [-0.4, -0.2) is 44.1 Å². The Bertz CT molecular complexity index is 370. The highest BCUT2D eigenvalue weighted by atomic mass is 16.5. The zero-order valence-electron chi connectivity index (χ0n) is 11.5. The van der Waals surface area contributed by atoms with Crippen LogP contribution in [0.5, 0.6) is 11.5 Å². The molecular weight excluding hydrogens is 247 g/mol. The molecule has 0 aromatic heterocycles. The minimum atomic E-state index is -1.59. The number of methoxy groups -OCH3 is 1. The van der Waals surface area contributed by atoms with Gasteiger partial charge < -0.3 is 24.3 Å². The molecule has 19 heavy (non-hydrogen) atoms. The summed E-state index contributed by atoms with van der Waals surface area (Å²) in [4.78, 5) is 0. The van der Waals surface area contributed by atoms with Crippen LogP contribution in [0, 0.1) is 0 Å². The van der Waals surface area contributed by atoms with Crippen LogP contribution in [0.1, 0.15) is 19.8 Å². The lowest BCUT2D eigenvalue weighted by atomic mass is 9.79. The molecule has 6 heteroatoms. The largest absolute Gasteiger partial charge is 0.497 e. The Kier molecular flexibility index (Phi) is 7.32. The topological polar surface area (TPSA) is 68.2 Å². The van der Waals surface area contributed by atoms with Crippen molar-refractivity contribution in [3.63, 3.8) is 0 Å². The second-order valence-electron chi connectivity index (χ2n) is 4.09. The quantitative estimate of drug-likeness (QED) is 0.506. The number of ether oxygens (including phenoxy) is 3. The molecule has 0 aliphatic rings. The molecule has 0 fully saturated rings. The average Bonchev–Trinajstić information content (AvgIpc) is 2.42. The molecule has 0 bridgehead atoms. The van der Waals surface area contributed by atoms with Gasteiger partial charge >= 0.3 is 7.12 Å². The van der Waals surface area contributed by atoms with Crippen molar-refractivity contribution in [2.45, 2.75) is 19.8 Å². The van der Waals surface area contributed by atoms with Gasteiger partial charge in [0.25, 0.3) is 0 Å². The molecule has 5 nitrogen and oxygen atoms in total. The first-order valence-corrected chi connectivity index (χ1v) is 6.43. The van der Waals surface area contributed by atoms with E-state index in [1.165, 1.54) is 13.2 Å². The van der Waals surface area contributed by atoms with Gasteiger partial charge in [0.05, 0.1) is 13.7 Å². The molecule has 0 saturated heterocycles. The predicted molar refractivity (Wildman–Crippen MR) is 74.0 cm³/mol. The summed E-state index contributed by atoms with van der Waals surface area (Å²) in [5, 5.41) is 18.6. The van der Waals surface area contributed by atoms with Crippen molar-refractivity contribution in [1.29, 1.82) is 0 Å². The smallest absolute Gasteiger partial charge is 0.492 e. The third-order valence-corrected chi connectivity index (χ3v) is 2.62. The maximum Gasteiger partial charge on any atom is 0.492 e. The fourth-order valence-corrected chi connectivity index (χ4v) is 1.55.